The summed E-state index contributed by atoms with van der Waals surface area (Å²) in [6.45, 7) is 2.25. The lowest BCUT2D eigenvalue weighted by atomic mass is 9.74. The molecule has 1 aromatic carbocycles. The van der Waals surface area contributed by atoms with Crippen LogP contribution in [0.2, 0.25) is 0 Å². The molecule has 0 bridgehead atoms. The van der Waals surface area contributed by atoms with Crippen molar-refractivity contribution in [3.8, 4) is 12.3 Å². The van der Waals surface area contributed by atoms with E-state index in [1.807, 2.05) is 31.2 Å². The van der Waals surface area contributed by atoms with Crippen LogP contribution < -0.4 is 0 Å². The first kappa shape index (κ1) is 23.0. The molecule has 0 spiro atoms. The Hall–Kier alpha value is -4.18. The SMILES string of the molecule is C#CCN(Cc1ccco1)C(=O)C[C@@]1(c2ccccc2C)CC(=O)N(Cc2ccncc2)C1=O. The molecule has 1 aliphatic rings. The van der Waals surface area contributed by atoms with Crippen LogP contribution in [0.3, 0.4) is 0 Å². The van der Waals surface area contributed by atoms with Crippen molar-refractivity contribution in [2.24, 2.45) is 0 Å². The van der Waals surface area contributed by atoms with Crippen molar-refractivity contribution in [2.75, 3.05) is 6.54 Å². The normalized spacial score (nSPS) is 17.6. The van der Waals surface area contributed by atoms with Crippen molar-refractivity contribution >= 4 is 17.7 Å². The molecular weight excluding hydrogens is 430 g/mol. The van der Waals surface area contributed by atoms with Crippen LogP contribution in [-0.2, 0) is 32.9 Å². The van der Waals surface area contributed by atoms with Crippen molar-refractivity contribution in [2.45, 2.75) is 38.3 Å². The van der Waals surface area contributed by atoms with Gasteiger partial charge >= 0.3 is 0 Å². The van der Waals surface area contributed by atoms with E-state index in [1.165, 1.54) is 16.1 Å². The molecule has 0 aliphatic carbocycles. The number of hydrogen-bond acceptors (Lipinski definition) is 5. The highest BCUT2D eigenvalue weighted by atomic mass is 16.3. The van der Waals surface area contributed by atoms with E-state index >= 15 is 0 Å². The zero-order chi connectivity index (χ0) is 24.1. The molecule has 0 N–H and O–H groups in total. The molecule has 3 aromatic rings. The van der Waals surface area contributed by atoms with Crippen LogP contribution in [0.25, 0.3) is 0 Å². The average molecular weight is 456 g/mol. The largest absolute Gasteiger partial charge is 0.467 e. The summed E-state index contributed by atoms with van der Waals surface area (Å²) in [5, 5.41) is 0. The van der Waals surface area contributed by atoms with Gasteiger partial charge < -0.3 is 9.32 Å². The lowest BCUT2D eigenvalue weighted by Crippen LogP contribution is -2.43. The van der Waals surface area contributed by atoms with Crippen LogP contribution in [0.1, 0.15) is 35.3 Å². The van der Waals surface area contributed by atoms with Gasteiger partial charge in [0.2, 0.25) is 17.7 Å². The summed E-state index contributed by atoms with van der Waals surface area (Å²) in [7, 11) is 0. The number of aromatic nitrogens is 1. The van der Waals surface area contributed by atoms with Gasteiger partial charge in [0.1, 0.15) is 5.76 Å². The van der Waals surface area contributed by atoms with Crippen molar-refractivity contribution in [1.82, 2.24) is 14.8 Å². The number of hydrogen-bond donors (Lipinski definition) is 0. The molecule has 1 aliphatic heterocycles. The summed E-state index contributed by atoms with van der Waals surface area (Å²) in [6, 6.07) is 14.4. The van der Waals surface area contributed by atoms with Crippen LogP contribution in [-0.4, -0.2) is 39.1 Å². The minimum Gasteiger partial charge on any atom is -0.467 e. The molecule has 34 heavy (non-hydrogen) atoms. The molecular formula is C27H25N3O4. The van der Waals surface area contributed by atoms with Gasteiger partial charge in [-0.15, -0.1) is 6.42 Å². The number of carbonyl (C=O) groups excluding carboxylic acids is 3. The smallest absolute Gasteiger partial charge is 0.241 e. The number of amides is 3. The number of pyridine rings is 1. The fourth-order valence-corrected chi connectivity index (χ4v) is 4.49. The maximum Gasteiger partial charge on any atom is 0.241 e. The van der Waals surface area contributed by atoms with Crippen LogP contribution >= 0.6 is 0 Å². The highest BCUT2D eigenvalue weighted by molar-refractivity contribution is 6.10. The molecule has 3 heterocycles. The van der Waals surface area contributed by atoms with Crippen LogP contribution in [0, 0.1) is 19.3 Å². The number of rotatable bonds is 8. The number of benzene rings is 1. The summed E-state index contributed by atoms with van der Waals surface area (Å²) in [5.41, 5.74) is 1.01. The molecule has 0 unspecified atom stereocenters. The van der Waals surface area contributed by atoms with Gasteiger partial charge in [-0.05, 0) is 47.9 Å². The topological polar surface area (TPSA) is 83.7 Å². The van der Waals surface area contributed by atoms with E-state index in [0.717, 1.165) is 11.1 Å². The minimum atomic E-state index is -1.30. The summed E-state index contributed by atoms with van der Waals surface area (Å²) in [5.74, 6) is 2.08. The fourth-order valence-electron chi connectivity index (χ4n) is 4.49. The first-order valence-corrected chi connectivity index (χ1v) is 11.0. The Morgan fingerprint density at radius 3 is 2.62 bits per heavy atom. The highest BCUT2D eigenvalue weighted by Crippen LogP contribution is 2.42. The molecule has 4 rings (SSSR count). The Morgan fingerprint density at radius 2 is 1.94 bits per heavy atom. The predicted molar refractivity (Wildman–Crippen MR) is 125 cm³/mol. The third kappa shape index (κ3) is 4.48. The van der Waals surface area contributed by atoms with Crippen LogP contribution in [0.5, 0.6) is 0 Å². The van der Waals surface area contributed by atoms with Gasteiger partial charge in [-0.3, -0.25) is 24.3 Å². The monoisotopic (exact) mass is 455 g/mol. The first-order chi connectivity index (χ1) is 16.4. The van der Waals surface area contributed by atoms with Crippen molar-refractivity contribution in [3.63, 3.8) is 0 Å². The zero-order valence-electron chi connectivity index (χ0n) is 18.9. The minimum absolute atomic E-state index is 0.0618. The average Bonchev–Trinajstić information content (AvgIpc) is 3.42. The molecule has 1 atom stereocenters. The Labute approximate surface area is 198 Å². The standard InChI is InChI=1S/C27H25N3O4/c1-3-14-29(19-22-8-6-15-34-22)24(31)16-27(23-9-5-4-7-20(23)2)17-25(32)30(26(27)33)18-21-10-12-28-13-11-21/h1,4-13,15H,14,16-19H2,2H3/t27-/m0/s1. The molecule has 7 nitrogen and oxygen atoms in total. The molecule has 0 radical (unpaired) electrons. The molecule has 1 saturated heterocycles. The van der Waals surface area contributed by atoms with Crippen molar-refractivity contribution in [3.05, 3.63) is 89.6 Å². The van der Waals surface area contributed by atoms with E-state index in [2.05, 4.69) is 10.9 Å². The van der Waals surface area contributed by atoms with Crippen LogP contribution in [0.15, 0.2) is 71.6 Å². The Kier molecular flexibility index (Phi) is 6.60. The molecule has 7 heteroatoms. The quantitative estimate of drug-likeness (QED) is 0.385. The van der Waals surface area contributed by atoms with E-state index in [0.29, 0.717) is 11.3 Å². The summed E-state index contributed by atoms with van der Waals surface area (Å²) < 4.78 is 5.38. The fraction of sp³-hybridized carbons (Fsp3) is 0.259. The molecule has 1 fully saturated rings. The zero-order valence-corrected chi connectivity index (χ0v) is 18.9. The first-order valence-electron chi connectivity index (χ1n) is 11.0. The van der Waals surface area contributed by atoms with E-state index in [1.54, 1.807) is 36.7 Å². The van der Waals surface area contributed by atoms with Gasteiger partial charge in [-0.1, -0.05) is 30.2 Å². The lowest BCUT2D eigenvalue weighted by molar-refractivity contribution is -0.143. The number of furan rings is 1. The van der Waals surface area contributed by atoms with Crippen LogP contribution in [0.4, 0.5) is 0 Å². The lowest BCUT2D eigenvalue weighted by Gasteiger charge is -2.31. The molecule has 0 saturated carbocycles. The Bertz CT molecular complexity index is 1230. The van der Waals surface area contributed by atoms with E-state index in [4.69, 9.17) is 10.8 Å². The van der Waals surface area contributed by atoms with E-state index in [9.17, 15) is 14.4 Å². The summed E-state index contributed by atoms with van der Waals surface area (Å²) in [4.78, 5) is 47.3. The highest BCUT2D eigenvalue weighted by Gasteiger charge is 2.54. The second-order valence-corrected chi connectivity index (χ2v) is 8.42. The summed E-state index contributed by atoms with van der Waals surface area (Å²) in [6.07, 6.45) is 10.0. The van der Waals surface area contributed by atoms with Gasteiger partial charge in [0.15, 0.2) is 0 Å². The maximum absolute atomic E-state index is 13.9. The molecule has 2 aromatic heterocycles. The van der Waals surface area contributed by atoms with Crippen molar-refractivity contribution < 1.29 is 18.8 Å². The van der Waals surface area contributed by atoms with Gasteiger partial charge in [-0.2, -0.15) is 0 Å². The number of imide groups is 1. The van der Waals surface area contributed by atoms with Crippen molar-refractivity contribution in [1.29, 1.82) is 0 Å². The van der Waals surface area contributed by atoms with E-state index in [-0.39, 0.29) is 50.2 Å². The maximum atomic E-state index is 13.9. The number of carbonyl (C=O) groups is 3. The second kappa shape index (κ2) is 9.75. The number of nitrogens with zero attached hydrogens (tertiary/aromatic N) is 3. The number of aryl methyl sites for hydroxylation is 1. The van der Waals surface area contributed by atoms with Gasteiger partial charge in [0.05, 0.1) is 31.3 Å². The molecule has 172 valence electrons. The second-order valence-electron chi connectivity index (χ2n) is 8.42. The van der Waals surface area contributed by atoms with Gasteiger partial charge in [-0.25, -0.2) is 0 Å². The Morgan fingerprint density at radius 1 is 1.18 bits per heavy atom. The van der Waals surface area contributed by atoms with Gasteiger partial charge in [0.25, 0.3) is 0 Å². The number of terminal acetylenes is 1. The van der Waals surface area contributed by atoms with E-state index < -0.39 is 5.41 Å². The number of likely N-dealkylation sites (tertiary alicyclic amines) is 1. The summed E-state index contributed by atoms with van der Waals surface area (Å²) >= 11 is 0. The predicted octanol–water partition coefficient (Wildman–Crippen LogP) is 3.23. The van der Waals surface area contributed by atoms with Gasteiger partial charge in [0, 0.05) is 25.2 Å². The third-order valence-corrected chi connectivity index (χ3v) is 6.17. The third-order valence-electron chi connectivity index (χ3n) is 6.17. The Balaban J connectivity index is 1.69. The molecule has 3 amide bonds.